The Morgan fingerprint density at radius 1 is 1.00 bits per heavy atom. The third-order valence-electron chi connectivity index (χ3n) is 6.68. The molecule has 1 aliphatic rings. The molecule has 0 unspecified atom stereocenters. The number of imidazole rings is 1. The van der Waals surface area contributed by atoms with Gasteiger partial charge < -0.3 is 9.67 Å². The van der Waals surface area contributed by atoms with Gasteiger partial charge in [0.2, 0.25) is 0 Å². The molecular formula is C25H33N3O. The van der Waals surface area contributed by atoms with Crippen LogP contribution in [0.5, 0.6) is 0 Å². The molecule has 0 saturated carbocycles. The minimum atomic E-state index is 0.0934. The van der Waals surface area contributed by atoms with Crippen LogP contribution in [0.2, 0.25) is 0 Å². The molecule has 0 aliphatic carbocycles. The van der Waals surface area contributed by atoms with Gasteiger partial charge in [0.15, 0.2) is 0 Å². The zero-order valence-corrected chi connectivity index (χ0v) is 17.6. The van der Waals surface area contributed by atoms with Crippen LogP contribution in [0.15, 0.2) is 54.6 Å². The molecule has 2 aromatic carbocycles. The van der Waals surface area contributed by atoms with Crippen LogP contribution < -0.4 is 0 Å². The van der Waals surface area contributed by atoms with Crippen molar-refractivity contribution < 1.29 is 5.11 Å². The highest BCUT2D eigenvalue weighted by atomic mass is 16.3. The molecule has 1 fully saturated rings. The van der Waals surface area contributed by atoms with Gasteiger partial charge in [0.1, 0.15) is 5.82 Å². The Morgan fingerprint density at radius 3 is 2.45 bits per heavy atom. The third kappa shape index (κ3) is 4.54. The van der Waals surface area contributed by atoms with Crippen LogP contribution in [-0.4, -0.2) is 39.3 Å². The number of nitrogens with zero attached hydrogens (tertiary/aromatic N) is 3. The monoisotopic (exact) mass is 391 g/mol. The highest BCUT2D eigenvalue weighted by Gasteiger charge is 2.33. The minimum absolute atomic E-state index is 0.0934. The van der Waals surface area contributed by atoms with Gasteiger partial charge >= 0.3 is 0 Å². The summed E-state index contributed by atoms with van der Waals surface area (Å²) in [4.78, 5) is 7.40. The number of aliphatic hydroxyl groups is 1. The molecule has 4 rings (SSSR count). The summed E-state index contributed by atoms with van der Waals surface area (Å²) >= 11 is 0. The molecule has 0 radical (unpaired) electrons. The summed E-state index contributed by atoms with van der Waals surface area (Å²) in [6, 6.07) is 19.1. The van der Waals surface area contributed by atoms with Crippen molar-refractivity contribution in [3.05, 3.63) is 66.0 Å². The Balaban J connectivity index is 1.34. The number of benzene rings is 2. The number of piperidine rings is 1. The molecule has 29 heavy (non-hydrogen) atoms. The average Bonchev–Trinajstić information content (AvgIpc) is 3.13. The summed E-state index contributed by atoms with van der Waals surface area (Å²) < 4.78 is 2.34. The Bertz CT molecular complexity index is 910. The predicted octanol–water partition coefficient (Wildman–Crippen LogP) is 4.65. The molecule has 0 atom stereocenters. The van der Waals surface area contributed by atoms with E-state index in [9.17, 15) is 5.11 Å². The van der Waals surface area contributed by atoms with E-state index >= 15 is 0 Å². The van der Waals surface area contributed by atoms with Crippen molar-refractivity contribution in [1.82, 2.24) is 14.5 Å². The highest BCUT2D eigenvalue weighted by Crippen LogP contribution is 2.36. The number of fused-ring (bicyclic) bond motifs is 1. The van der Waals surface area contributed by atoms with Gasteiger partial charge in [-0.15, -0.1) is 0 Å². The van der Waals surface area contributed by atoms with Crippen LogP contribution in [0, 0.1) is 5.41 Å². The van der Waals surface area contributed by atoms with Gasteiger partial charge in [-0.25, -0.2) is 4.98 Å². The van der Waals surface area contributed by atoms with Crippen molar-refractivity contribution in [2.24, 2.45) is 5.41 Å². The lowest BCUT2D eigenvalue weighted by Gasteiger charge is -2.41. The van der Waals surface area contributed by atoms with Crippen molar-refractivity contribution in [3.8, 4) is 0 Å². The van der Waals surface area contributed by atoms with E-state index in [2.05, 4.69) is 71.0 Å². The van der Waals surface area contributed by atoms with Crippen molar-refractivity contribution in [1.29, 1.82) is 0 Å². The maximum Gasteiger partial charge on any atom is 0.124 e. The number of likely N-dealkylation sites (tertiary alicyclic amines) is 1. The third-order valence-corrected chi connectivity index (χ3v) is 6.68. The first-order valence-electron chi connectivity index (χ1n) is 11.0. The van der Waals surface area contributed by atoms with E-state index in [1.165, 1.54) is 11.1 Å². The second-order valence-electron chi connectivity index (χ2n) is 8.53. The van der Waals surface area contributed by atoms with Crippen LogP contribution in [0.25, 0.3) is 11.0 Å². The first-order valence-corrected chi connectivity index (χ1v) is 11.0. The Labute approximate surface area is 174 Å². The quantitative estimate of drug-likeness (QED) is 0.607. The normalized spacial score (nSPS) is 17.0. The van der Waals surface area contributed by atoms with Gasteiger partial charge in [-0.3, -0.25) is 4.90 Å². The van der Waals surface area contributed by atoms with E-state index in [-0.39, 0.29) is 5.41 Å². The van der Waals surface area contributed by atoms with E-state index in [1.54, 1.807) is 0 Å². The molecule has 1 aliphatic heterocycles. The largest absolute Gasteiger partial charge is 0.396 e. The topological polar surface area (TPSA) is 41.3 Å². The van der Waals surface area contributed by atoms with E-state index in [0.29, 0.717) is 6.61 Å². The highest BCUT2D eigenvalue weighted by molar-refractivity contribution is 5.75. The summed E-state index contributed by atoms with van der Waals surface area (Å²) in [5.74, 6) is 1.16. The molecule has 3 aromatic rings. The molecule has 0 spiro atoms. The summed E-state index contributed by atoms with van der Waals surface area (Å²) in [7, 11) is 0. The van der Waals surface area contributed by atoms with Crippen LogP contribution in [0.3, 0.4) is 0 Å². The maximum absolute atomic E-state index is 10.2. The fourth-order valence-electron chi connectivity index (χ4n) is 4.78. The van der Waals surface area contributed by atoms with Crippen molar-refractivity contribution in [3.63, 3.8) is 0 Å². The van der Waals surface area contributed by atoms with Crippen LogP contribution in [0.4, 0.5) is 0 Å². The van der Waals surface area contributed by atoms with Gasteiger partial charge in [0.05, 0.1) is 17.6 Å². The Kier molecular flexibility index (Phi) is 6.31. The summed E-state index contributed by atoms with van der Waals surface area (Å²) in [6.07, 6.45) is 5.51. The molecule has 2 heterocycles. The van der Waals surface area contributed by atoms with E-state index in [4.69, 9.17) is 4.98 Å². The minimum Gasteiger partial charge on any atom is -0.396 e. The van der Waals surface area contributed by atoms with Gasteiger partial charge in [0.25, 0.3) is 0 Å². The average molecular weight is 392 g/mol. The first-order chi connectivity index (χ1) is 14.2. The van der Waals surface area contributed by atoms with E-state index in [0.717, 1.165) is 69.6 Å². The Hall–Kier alpha value is -2.17. The predicted molar refractivity (Wildman–Crippen MR) is 119 cm³/mol. The first kappa shape index (κ1) is 20.1. The number of hydrogen-bond acceptors (Lipinski definition) is 3. The van der Waals surface area contributed by atoms with Gasteiger partial charge in [-0.1, -0.05) is 42.5 Å². The van der Waals surface area contributed by atoms with Crippen LogP contribution >= 0.6 is 0 Å². The van der Waals surface area contributed by atoms with Gasteiger partial charge in [-0.2, -0.15) is 0 Å². The number of hydrogen-bond donors (Lipinski definition) is 1. The zero-order valence-electron chi connectivity index (χ0n) is 17.6. The molecular weight excluding hydrogens is 358 g/mol. The van der Waals surface area contributed by atoms with E-state index in [1.807, 2.05) is 0 Å². The molecule has 4 nitrogen and oxygen atoms in total. The number of aryl methyl sites for hydroxylation is 2. The smallest absolute Gasteiger partial charge is 0.124 e. The second kappa shape index (κ2) is 9.10. The van der Waals surface area contributed by atoms with Crippen molar-refractivity contribution >= 4 is 11.0 Å². The fourth-order valence-corrected chi connectivity index (χ4v) is 4.78. The van der Waals surface area contributed by atoms with Gasteiger partial charge in [-0.05, 0) is 75.2 Å². The fraction of sp³-hybridized carbons (Fsp3) is 0.480. The second-order valence-corrected chi connectivity index (χ2v) is 8.53. The number of rotatable bonds is 8. The molecule has 1 N–H and O–H groups in total. The molecule has 154 valence electrons. The molecule has 4 heteroatoms. The SMILES string of the molecule is CCn1c(CN2CCC(CO)(CCCc3ccccc3)CC2)nc2ccccc21. The summed E-state index contributed by atoms with van der Waals surface area (Å²) in [5.41, 5.74) is 3.81. The number of aliphatic hydroxyl groups excluding tert-OH is 1. The van der Waals surface area contributed by atoms with Crippen molar-refractivity contribution in [2.45, 2.75) is 52.1 Å². The van der Waals surface area contributed by atoms with E-state index < -0.39 is 0 Å². The molecule has 1 aromatic heterocycles. The van der Waals surface area contributed by atoms with Crippen LogP contribution in [-0.2, 0) is 19.5 Å². The van der Waals surface area contributed by atoms with Gasteiger partial charge in [0, 0.05) is 13.2 Å². The number of para-hydroxylation sites is 2. The molecule has 0 amide bonds. The summed E-state index contributed by atoms with van der Waals surface area (Å²) in [5, 5.41) is 10.2. The molecule has 1 saturated heterocycles. The maximum atomic E-state index is 10.2. The zero-order chi connectivity index (χ0) is 20.1. The lowest BCUT2D eigenvalue weighted by molar-refractivity contribution is 0.0319. The number of aromatic nitrogens is 2. The van der Waals surface area contributed by atoms with Crippen LogP contribution in [0.1, 0.15) is 44.0 Å². The van der Waals surface area contributed by atoms with Crippen molar-refractivity contribution in [2.75, 3.05) is 19.7 Å². The lowest BCUT2D eigenvalue weighted by atomic mass is 9.75. The Morgan fingerprint density at radius 2 is 1.72 bits per heavy atom. The lowest BCUT2D eigenvalue weighted by Crippen LogP contribution is -2.42. The standard InChI is InChI=1S/C25H33N3O/c1-2-28-23-13-7-6-12-22(23)26-24(28)19-27-17-15-25(20-29,16-18-27)14-8-11-21-9-4-3-5-10-21/h3-7,9-10,12-13,29H,2,8,11,14-20H2,1H3. The molecule has 0 bridgehead atoms. The summed E-state index contributed by atoms with van der Waals surface area (Å²) in [6.45, 7) is 6.43.